The third kappa shape index (κ3) is 2.30. The van der Waals surface area contributed by atoms with Crippen LogP contribution in [0, 0.1) is 6.92 Å². The van der Waals surface area contributed by atoms with E-state index in [1.165, 1.54) is 10.8 Å². The van der Waals surface area contributed by atoms with Crippen LogP contribution in [0.1, 0.15) is 24.3 Å². The average molecular weight is 302 g/mol. The van der Waals surface area contributed by atoms with Crippen molar-refractivity contribution < 1.29 is 5.11 Å². The second-order valence-electron chi connectivity index (χ2n) is 6.02. The number of aliphatic hydroxyl groups is 1. The fourth-order valence-electron chi connectivity index (χ4n) is 3.12. The Bertz CT molecular complexity index is 1010. The van der Waals surface area contributed by atoms with Crippen molar-refractivity contribution in [2.75, 3.05) is 0 Å². The van der Waals surface area contributed by atoms with Gasteiger partial charge in [-0.1, -0.05) is 42.5 Å². The molecule has 3 heteroatoms. The van der Waals surface area contributed by atoms with E-state index < -0.39 is 6.10 Å². The molecule has 0 spiro atoms. The highest BCUT2D eigenvalue weighted by molar-refractivity contribution is 5.87. The smallest absolute Gasteiger partial charge is 0.137 e. The lowest BCUT2D eigenvalue weighted by atomic mass is 10.0. The fraction of sp³-hybridized carbons (Fsp3) is 0.150. The van der Waals surface area contributed by atoms with Crippen molar-refractivity contribution in [3.63, 3.8) is 0 Å². The number of hydrogen-bond acceptors (Lipinski definition) is 2. The van der Waals surface area contributed by atoms with Crippen LogP contribution < -0.4 is 0 Å². The molecule has 114 valence electrons. The van der Waals surface area contributed by atoms with Crippen LogP contribution in [-0.4, -0.2) is 14.5 Å². The Morgan fingerprint density at radius 2 is 1.78 bits per heavy atom. The molecule has 1 atom stereocenters. The van der Waals surface area contributed by atoms with Gasteiger partial charge in [0.1, 0.15) is 5.65 Å². The lowest BCUT2D eigenvalue weighted by molar-refractivity contribution is 0.194. The van der Waals surface area contributed by atoms with Crippen LogP contribution in [-0.2, 0) is 0 Å². The zero-order valence-corrected chi connectivity index (χ0v) is 13.2. The Morgan fingerprint density at radius 3 is 2.57 bits per heavy atom. The summed E-state index contributed by atoms with van der Waals surface area (Å²) in [5, 5.41) is 12.7. The van der Waals surface area contributed by atoms with Gasteiger partial charge in [0.05, 0.1) is 17.5 Å². The summed E-state index contributed by atoms with van der Waals surface area (Å²) in [5.74, 6) is 0. The Labute approximate surface area is 134 Å². The highest BCUT2D eigenvalue weighted by Gasteiger charge is 2.18. The van der Waals surface area contributed by atoms with Crippen LogP contribution >= 0.6 is 0 Å². The van der Waals surface area contributed by atoms with Crippen molar-refractivity contribution in [1.82, 2.24) is 9.38 Å². The molecule has 2 aromatic heterocycles. The molecule has 0 bridgehead atoms. The van der Waals surface area contributed by atoms with Crippen LogP contribution in [0.25, 0.3) is 27.7 Å². The maximum atomic E-state index is 10.3. The van der Waals surface area contributed by atoms with Gasteiger partial charge in [0, 0.05) is 11.8 Å². The Balaban J connectivity index is 2.01. The van der Waals surface area contributed by atoms with Gasteiger partial charge >= 0.3 is 0 Å². The summed E-state index contributed by atoms with van der Waals surface area (Å²) >= 11 is 0. The van der Waals surface area contributed by atoms with Crippen LogP contribution in [0.3, 0.4) is 0 Å². The lowest BCUT2D eigenvalue weighted by Crippen LogP contribution is -1.99. The number of imidazole rings is 1. The summed E-state index contributed by atoms with van der Waals surface area (Å²) in [6.07, 6.45) is 1.43. The monoisotopic (exact) mass is 302 g/mol. The summed E-state index contributed by atoms with van der Waals surface area (Å²) in [7, 11) is 0. The molecule has 2 aromatic carbocycles. The van der Waals surface area contributed by atoms with Gasteiger partial charge in [-0.3, -0.25) is 0 Å². The largest absolute Gasteiger partial charge is 0.387 e. The van der Waals surface area contributed by atoms with Crippen LogP contribution in [0.4, 0.5) is 0 Å². The van der Waals surface area contributed by atoms with Crippen LogP contribution in [0.15, 0.2) is 60.8 Å². The van der Waals surface area contributed by atoms with Crippen molar-refractivity contribution >= 4 is 16.4 Å². The molecular weight excluding hydrogens is 284 g/mol. The van der Waals surface area contributed by atoms with E-state index in [2.05, 4.69) is 30.3 Å². The summed E-state index contributed by atoms with van der Waals surface area (Å²) in [5.41, 5.74) is 4.70. The second kappa shape index (κ2) is 5.21. The first-order valence-electron chi connectivity index (χ1n) is 7.79. The molecule has 4 rings (SSSR count). The van der Waals surface area contributed by atoms with E-state index in [4.69, 9.17) is 4.98 Å². The summed E-state index contributed by atoms with van der Waals surface area (Å²) in [6, 6.07) is 18.6. The van der Waals surface area contributed by atoms with E-state index in [1.54, 1.807) is 6.92 Å². The summed E-state index contributed by atoms with van der Waals surface area (Å²) < 4.78 is 1.99. The molecule has 1 unspecified atom stereocenters. The highest BCUT2D eigenvalue weighted by atomic mass is 16.3. The topological polar surface area (TPSA) is 37.5 Å². The van der Waals surface area contributed by atoms with E-state index >= 15 is 0 Å². The summed E-state index contributed by atoms with van der Waals surface area (Å²) in [6.45, 7) is 3.83. The zero-order valence-electron chi connectivity index (χ0n) is 13.2. The number of aryl methyl sites for hydroxylation is 1. The maximum absolute atomic E-state index is 10.3. The predicted molar refractivity (Wildman–Crippen MR) is 93.5 cm³/mol. The highest BCUT2D eigenvalue weighted by Crippen LogP contribution is 2.31. The standard InChI is InChI=1S/C20H18N2O/c1-13-7-10-18-21-19(20(14(2)23)22(18)12-13)17-9-8-15-5-3-4-6-16(15)11-17/h3-12,14,23H,1-2H3. The van der Waals surface area contributed by atoms with Crippen molar-refractivity contribution in [1.29, 1.82) is 0 Å². The minimum absolute atomic E-state index is 0.590. The number of pyridine rings is 1. The molecule has 0 radical (unpaired) electrons. The minimum atomic E-state index is -0.590. The normalized spacial score (nSPS) is 12.8. The van der Waals surface area contributed by atoms with Gasteiger partial charge in [-0.2, -0.15) is 0 Å². The average Bonchev–Trinajstić information content (AvgIpc) is 2.93. The number of rotatable bonds is 2. The van der Waals surface area contributed by atoms with Crippen molar-refractivity contribution in [3.05, 3.63) is 72.1 Å². The van der Waals surface area contributed by atoms with E-state index in [0.717, 1.165) is 28.2 Å². The van der Waals surface area contributed by atoms with Crippen molar-refractivity contribution in [2.45, 2.75) is 20.0 Å². The quantitative estimate of drug-likeness (QED) is 0.591. The zero-order chi connectivity index (χ0) is 16.0. The number of hydrogen-bond donors (Lipinski definition) is 1. The van der Waals surface area contributed by atoms with Gasteiger partial charge in [0.15, 0.2) is 0 Å². The first-order valence-corrected chi connectivity index (χ1v) is 7.79. The number of aliphatic hydroxyl groups excluding tert-OH is 1. The van der Waals surface area contributed by atoms with Crippen molar-refractivity contribution in [2.24, 2.45) is 0 Å². The molecule has 3 nitrogen and oxygen atoms in total. The molecule has 23 heavy (non-hydrogen) atoms. The first kappa shape index (κ1) is 14.0. The molecule has 2 heterocycles. The third-order valence-corrected chi connectivity index (χ3v) is 4.22. The predicted octanol–water partition coefficient (Wildman–Crippen LogP) is 4.52. The van der Waals surface area contributed by atoms with Gasteiger partial charge in [0.25, 0.3) is 0 Å². The number of aromatic nitrogens is 2. The molecule has 0 aliphatic carbocycles. The van der Waals surface area contributed by atoms with Gasteiger partial charge in [-0.15, -0.1) is 0 Å². The fourth-order valence-corrected chi connectivity index (χ4v) is 3.12. The molecule has 0 saturated heterocycles. The molecule has 0 aliphatic rings. The van der Waals surface area contributed by atoms with E-state index in [1.807, 2.05) is 41.8 Å². The lowest BCUT2D eigenvalue weighted by Gasteiger charge is -2.09. The van der Waals surface area contributed by atoms with E-state index in [0.29, 0.717) is 0 Å². The molecule has 0 amide bonds. The van der Waals surface area contributed by atoms with Crippen LogP contribution in [0.5, 0.6) is 0 Å². The van der Waals surface area contributed by atoms with E-state index in [-0.39, 0.29) is 0 Å². The van der Waals surface area contributed by atoms with Crippen molar-refractivity contribution in [3.8, 4) is 11.3 Å². The SMILES string of the molecule is Cc1ccc2nc(-c3ccc4ccccc4c3)c(C(C)O)n2c1. The molecule has 4 aromatic rings. The first-order chi connectivity index (χ1) is 11.1. The number of fused-ring (bicyclic) bond motifs is 2. The Morgan fingerprint density at radius 1 is 1.00 bits per heavy atom. The molecular formula is C20H18N2O. The second-order valence-corrected chi connectivity index (χ2v) is 6.02. The molecule has 0 aliphatic heterocycles. The van der Waals surface area contributed by atoms with E-state index in [9.17, 15) is 5.11 Å². The Hall–Kier alpha value is -2.65. The minimum Gasteiger partial charge on any atom is -0.387 e. The maximum Gasteiger partial charge on any atom is 0.137 e. The number of benzene rings is 2. The van der Waals surface area contributed by atoms with Crippen LogP contribution in [0.2, 0.25) is 0 Å². The Kier molecular flexibility index (Phi) is 3.17. The number of nitrogens with zero attached hydrogens (tertiary/aromatic N) is 2. The molecule has 1 N–H and O–H groups in total. The molecule has 0 fully saturated rings. The van der Waals surface area contributed by atoms with Gasteiger partial charge in [-0.25, -0.2) is 4.98 Å². The summed E-state index contributed by atoms with van der Waals surface area (Å²) in [4.78, 5) is 4.76. The molecule has 0 saturated carbocycles. The third-order valence-electron chi connectivity index (χ3n) is 4.22. The van der Waals surface area contributed by atoms with Gasteiger partial charge in [0.2, 0.25) is 0 Å². The van der Waals surface area contributed by atoms with Gasteiger partial charge in [-0.05, 0) is 42.3 Å². The van der Waals surface area contributed by atoms with Gasteiger partial charge < -0.3 is 9.51 Å².